The van der Waals surface area contributed by atoms with Crippen LogP contribution in [-0.4, -0.2) is 66.8 Å². The van der Waals surface area contributed by atoms with Gasteiger partial charge >= 0.3 is 0 Å². The minimum atomic E-state index is -2.40. The van der Waals surface area contributed by atoms with E-state index >= 15 is 0 Å². The molecule has 0 amide bonds. The highest BCUT2D eigenvalue weighted by molar-refractivity contribution is 5.35. The fourth-order valence-electron chi connectivity index (χ4n) is 4.64. The first-order chi connectivity index (χ1) is 15.9. The molecule has 0 heterocycles. The van der Waals surface area contributed by atoms with Crippen molar-refractivity contribution in [3.63, 3.8) is 0 Å². The largest absolute Gasteiger partial charge is 0.394 e. The van der Waals surface area contributed by atoms with Crippen molar-refractivity contribution >= 4 is 0 Å². The molecule has 0 spiro atoms. The molecule has 34 heavy (non-hydrogen) atoms. The number of hydrogen-bond acceptors (Lipinski definition) is 6. The lowest BCUT2D eigenvalue weighted by Gasteiger charge is -2.45. The van der Waals surface area contributed by atoms with Crippen molar-refractivity contribution in [3.05, 3.63) is 83.4 Å². The van der Waals surface area contributed by atoms with Crippen molar-refractivity contribution in [3.8, 4) is 0 Å². The summed E-state index contributed by atoms with van der Waals surface area (Å²) in [5.74, 6) is 0.245. The van der Waals surface area contributed by atoms with Gasteiger partial charge in [0.05, 0.1) is 6.61 Å². The van der Waals surface area contributed by atoms with Crippen LogP contribution in [0, 0.1) is 0 Å². The zero-order valence-corrected chi connectivity index (χ0v) is 20.6. The Morgan fingerprint density at radius 2 is 1.24 bits per heavy atom. The molecule has 0 fully saturated rings. The molecular formula is C28H40O6. The molecule has 2 rings (SSSR count). The highest BCUT2D eigenvalue weighted by Gasteiger charge is 2.53. The molecule has 0 saturated carbocycles. The topological polar surface area (TPSA) is 121 Å². The Hall–Kier alpha value is -2.06. The van der Waals surface area contributed by atoms with Gasteiger partial charge in [0.2, 0.25) is 0 Å². The van der Waals surface area contributed by atoms with Crippen LogP contribution < -0.4 is 0 Å². The molecule has 0 aliphatic heterocycles. The smallest absolute Gasteiger partial charge is 0.126 e. The van der Waals surface area contributed by atoms with Crippen molar-refractivity contribution in [2.75, 3.05) is 6.61 Å². The summed E-state index contributed by atoms with van der Waals surface area (Å²) in [7, 11) is 0. The molecule has 0 bridgehead atoms. The first kappa shape index (κ1) is 28.2. The lowest BCUT2D eigenvalue weighted by molar-refractivity contribution is -0.218. The Labute approximate surface area is 202 Å². The first-order valence-electron chi connectivity index (χ1n) is 11.8. The van der Waals surface area contributed by atoms with E-state index in [1.807, 2.05) is 64.1 Å². The van der Waals surface area contributed by atoms with Gasteiger partial charge in [0, 0.05) is 12.8 Å². The minimum Gasteiger partial charge on any atom is -0.394 e. The standard InChI is InChI=1S/C28H40O6/c1-6-27(33,15-20-11-7-9-13-22(20)18(2)3)26(32)28(34,25(31)24(30)17-29)16-21-12-8-10-14-23(21)19(4)5/h6-14,18-19,24-26,29-34H,1,15-17H2,2-5H3/t24-,25+,26+,27?,28+/m0/s1. The van der Waals surface area contributed by atoms with E-state index in [1.54, 1.807) is 12.1 Å². The van der Waals surface area contributed by atoms with Gasteiger partial charge in [-0.15, -0.1) is 6.58 Å². The molecular weight excluding hydrogens is 432 g/mol. The second-order valence-corrected chi connectivity index (χ2v) is 9.84. The van der Waals surface area contributed by atoms with Crippen LogP contribution in [0.3, 0.4) is 0 Å². The van der Waals surface area contributed by atoms with Crippen LogP contribution in [0.25, 0.3) is 0 Å². The fraction of sp³-hybridized carbons (Fsp3) is 0.500. The van der Waals surface area contributed by atoms with Crippen LogP contribution in [0.1, 0.15) is 61.8 Å². The molecule has 0 saturated heterocycles. The van der Waals surface area contributed by atoms with Crippen molar-refractivity contribution in [2.45, 2.75) is 81.9 Å². The highest BCUT2D eigenvalue weighted by atomic mass is 16.4. The highest BCUT2D eigenvalue weighted by Crippen LogP contribution is 2.36. The zero-order chi connectivity index (χ0) is 25.7. The third kappa shape index (κ3) is 5.95. The molecule has 6 nitrogen and oxygen atoms in total. The van der Waals surface area contributed by atoms with Crippen molar-refractivity contribution in [1.29, 1.82) is 0 Å². The summed E-state index contributed by atoms with van der Waals surface area (Å²) in [4.78, 5) is 0. The van der Waals surface area contributed by atoms with E-state index in [-0.39, 0.29) is 24.7 Å². The van der Waals surface area contributed by atoms with Gasteiger partial charge in [-0.3, -0.25) is 0 Å². The maximum atomic E-state index is 11.8. The lowest BCUT2D eigenvalue weighted by Crippen LogP contribution is -2.66. The monoisotopic (exact) mass is 472 g/mol. The Bertz CT molecular complexity index is 942. The number of aliphatic hydroxyl groups excluding tert-OH is 4. The van der Waals surface area contributed by atoms with Gasteiger partial charge in [-0.25, -0.2) is 0 Å². The van der Waals surface area contributed by atoms with Crippen LogP contribution in [0.15, 0.2) is 61.2 Å². The summed E-state index contributed by atoms with van der Waals surface area (Å²) >= 11 is 0. The summed E-state index contributed by atoms with van der Waals surface area (Å²) in [6, 6.07) is 14.8. The first-order valence-corrected chi connectivity index (χ1v) is 11.8. The maximum Gasteiger partial charge on any atom is 0.126 e. The number of benzene rings is 2. The molecule has 0 radical (unpaired) electrons. The summed E-state index contributed by atoms with van der Waals surface area (Å²) in [5.41, 5.74) is -1.16. The van der Waals surface area contributed by atoms with Crippen LogP contribution in [0.5, 0.6) is 0 Å². The summed E-state index contributed by atoms with van der Waals surface area (Å²) < 4.78 is 0. The normalized spacial score (nSPS) is 18.2. The number of hydrogen-bond donors (Lipinski definition) is 6. The van der Waals surface area contributed by atoms with E-state index in [1.165, 1.54) is 0 Å². The van der Waals surface area contributed by atoms with Crippen LogP contribution in [0.4, 0.5) is 0 Å². The molecule has 1 unspecified atom stereocenters. The van der Waals surface area contributed by atoms with Crippen molar-refractivity contribution < 1.29 is 30.6 Å². The van der Waals surface area contributed by atoms with Gasteiger partial charge in [-0.2, -0.15) is 0 Å². The molecule has 5 atom stereocenters. The predicted octanol–water partition coefficient (Wildman–Crippen LogP) is 2.44. The van der Waals surface area contributed by atoms with Crippen LogP contribution in [0.2, 0.25) is 0 Å². The van der Waals surface area contributed by atoms with Crippen molar-refractivity contribution in [2.24, 2.45) is 0 Å². The summed E-state index contributed by atoms with van der Waals surface area (Å²) in [5, 5.41) is 65.4. The number of aliphatic hydroxyl groups is 6. The fourth-order valence-corrected chi connectivity index (χ4v) is 4.64. The Balaban J connectivity index is 2.58. The number of rotatable bonds is 12. The lowest BCUT2D eigenvalue weighted by atomic mass is 9.71. The molecule has 0 aromatic heterocycles. The molecule has 6 N–H and O–H groups in total. The van der Waals surface area contributed by atoms with E-state index in [0.717, 1.165) is 22.8 Å². The van der Waals surface area contributed by atoms with Gasteiger partial charge in [0.15, 0.2) is 0 Å². The molecule has 2 aromatic rings. The molecule has 0 aliphatic rings. The molecule has 6 heteroatoms. The summed E-state index contributed by atoms with van der Waals surface area (Å²) in [6.45, 7) is 10.9. The zero-order valence-electron chi connectivity index (χ0n) is 20.6. The second-order valence-electron chi connectivity index (χ2n) is 9.84. The third-order valence-corrected chi connectivity index (χ3v) is 6.67. The Kier molecular flexibility index (Phi) is 9.60. The van der Waals surface area contributed by atoms with E-state index in [4.69, 9.17) is 0 Å². The van der Waals surface area contributed by atoms with Crippen LogP contribution >= 0.6 is 0 Å². The van der Waals surface area contributed by atoms with Gasteiger partial charge in [0.1, 0.15) is 29.5 Å². The van der Waals surface area contributed by atoms with Gasteiger partial charge in [0.25, 0.3) is 0 Å². The minimum absolute atomic E-state index is 0.0674. The van der Waals surface area contributed by atoms with Gasteiger partial charge in [-0.05, 0) is 34.1 Å². The van der Waals surface area contributed by atoms with E-state index in [0.29, 0.717) is 5.56 Å². The average molecular weight is 473 g/mol. The summed E-state index contributed by atoms with van der Waals surface area (Å²) in [6.07, 6.45) is -4.78. The third-order valence-electron chi connectivity index (χ3n) is 6.67. The van der Waals surface area contributed by atoms with E-state index in [9.17, 15) is 30.6 Å². The van der Waals surface area contributed by atoms with E-state index < -0.39 is 36.1 Å². The predicted molar refractivity (Wildman–Crippen MR) is 134 cm³/mol. The van der Waals surface area contributed by atoms with Crippen molar-refractivity contribution in [1.82, 2.24) is 0 Å². The van der Waals surface area contributed by atoms with E-state index in [2.05, 4.69) is 6.58 Å². The van der Waals surface area contributed by atoms with Crippen LogP contribution in [-0.2, 0) is 12.8 Å². The quantitative estimate of drug-likeness (QED) is 0.264. The Morgan fingerprint density at radius 3 is 1.65 bits per heavy atom. The molecule has 0 aliphatic carbocycles. The van der Waals surface area contributed by atoms with Gasteiger partial charge in [-0.1, -0.05) is 82.3 Å². The SMILES string of the molecule is C=CC(O)(Cc1ccccc1C(C)C)[C@@H](O)[C@@](O)(Cc1ccccc1C(C)C)[C@H](O)[C@@H](O)CO. The average Bonchev–Trinajstić information content (AvgIpc) is 2.82. The maximum absolute atomic E-state index is 11.8. The Morgan fingerprint density at radius 1 is 0.794 bits per heavy atom. The molecule has 2 aromatic carbocycles. The van der Waals surface area contributed by atoms with Gasteiger partial charge < -0.3 is 30.6 Å². The second kappa shape index (κ2) is 11.6. The molecule has 188 valence electrons.